The lowest BCUT2D eigenvalue weighted by Crippen LogP contribution is -2.47. The van der Waals surface area contributed by atoms with E-state index in [2.05, 4.69) is 9.80 Å². The van der Waals surface area contributed by atoms with Gasteiger partial charge in [-0.15, -0.1) is 0 Å². The molecule has 2 aromatic rings. The van der Waals surface area contributed by atoms with Crippen LogP contribution in [0.4, 0.5) is 10.1 Å². The molecule has 0 spiro atoms. The minimum atomic E-state index is -0.204. The first-order valence-electron chi connectivity index (χ1n) is 8.16. The molecule has 126 valence electrons. The van der Waals surface area contributed by atoms with E-state index in [0.29, 0.717) is 17.9 Å². The minimum absolute atomic E-state index is 0.204. The van der Waals surface area contributed by atoms with Crippen molar-refractivity contribution in [1.82, 2.24) is 4.90 Å². The molecule has 0 saturated carbocycles. The average Bonchev–Trinajstić information content (AvgIpc) is 2.63. The summed E-state index contributed by atoms with van der Waals surface area (Å²) in [5.74, 6) is 0.433. The second-order valence-corrected chi connectivity index (χ2v) is 5.81. The molecule has 0 unspecified atom stereocenters. The molecule has 0 atom stereocenters. The summed E-state index contributed by atoms with van der Waals surface area (Å²) >= 11 is 0. The van der Waals surface area contributed by atoms with Gasteiger partial charge in [0.25, 0.3) is 0 Å². The molecule has 2 aromatic carbocycles. The summed E-state index contributed by atoms with van der Waals surface area (Å²) in [5, 5.41) is 0. The number of benzene rings is 2. The van der Waals surface area contributed by atoms with E-state index in [1.165, 1.54) is 12.1 Å². The maximum absolute atomic E-state index is 13.0. The van der Waals surface area contributed by atoms with Gasteiger partial charge < -0.3 is 9.64 Å². The van der Waals surface area contributed by atoms with Crippen LogP contribution in [0.1, 0.15) is 10.4 Å². The number of carbonyl (C=O) groups is 1. The van der Waals surface area contributed by atoms with Gasteiger partial charge in [0.2, 0.25) is 0 Å². The predicted molar refractivity (Wildman–Crippen MR) is 92.4 cm³/mol. The van der Waals surface area contributed by atoms with Gasteiger partial charge in [0.1, 0.15) is 18.2 Å². The van der Waals surface area contributed by atoms with Crippen LogP contribution < -0.4 is 9.64 Å². The lowest BCUT2D eigenvalue weighted by molar-refractivity contribution is 0.111. The van der Waals surface area contributed by atoms with E-state index >= 15 is 0 Å². The molecule has 0 bridgehead atoms. The van der Waals surface area contributed by atoms with Crippen LogP contribution in [0.3, 0.4) is 0 Å². The van der Waals surface area contributed by atoms with Gasteiger partial charge in [-0.1, -0.05) is 12.1 Å². The number of carbonyl (C=O) groups excluding carboxylic acids is 1. The lowest BCUT2D eigenvalue weighted by Gasteiger charge is -2.36. The Morgan fingerprint density at radius 2 is 1.71 bits per heavy atom. The van der Waals surface area contributed by atoms with E-state index in [1.54, 1.807) is 6.07 Å². The maximum Gasteiger partial charge on any atom is 0.153 e. The summed E-state index contributed by atoms with van der Waals surface area (Å²) in [5.41, 5.74) is 1.64. The average molecular weight is 328 g/mol. The number of hydrogen-bond acceptors (Lipinski definition) is 4. The molecule has 0 aliphatic carbocycles. The van der Waals surface area contributed by atoms with E-state index in [4.69, 9.17) is 4.74 Å². The van der Waals surface area contributed by atoms with E-state index in [0.717, 1.165) is 44.7 Å². The zero-order valence-electron chi connectivity index (χ0n) is 13.5. The van der Waals surface area contributed by atoms with Crippen LogP contribution in [-0.2, 0) is 0 Å². The first kappa shape index (κ1) is 16.5. The van der Waals surface area contributed by atoms with E-state index in [9.17, 15) is 9.18 Å². The van der Waals surface area contributed by atoms with Crippen LogP contribution in [-0.4, -0.2) is 50.5 Å². The summed E-state index contributed by atoms with van der Waals surface area (Å²) in [6, 6.07) is 13.9. The number of aldehydes is 1. The number of halogens is 1. The number of piperazine rings is 1. The summed E-state index contributed by atoms with van der Waals surface area (Å²) in [4.78, 5) is 15.6. The third-order valence-electron chi connectivity index (χ3n) is 4.28. The molecule has 1 aliphatic rings. The Hall–Kier alpha value is -2.40. The highest BCUT2D eigenvalue weighted by Gasteiger charge is 2.17. The molecule has 1 saturated heterocycles. The normalized spacial score (nSPS) is 15.3. The van der Waals surface area contributed by atoms with Crippen molar-refractivity contribution in [2.75, 3.05) is 44.2 Å². The number of anilines is 1. The monoisotopic (exact) mass is 328 g/mol. The Kier molecular flexibility index (Phi) is 5.43. The molecule has 0 N–H and O–H groups in total. The molecule has 5 heteroatoms. The first-order valence-corrected chi connectivity index (χ1v) is 8.16. The lowest BCUT2D eigenvalue weighted by atomic mass is 10.2. The largest absolute Gasteiger partial charge is 0.492 e. The molecule has 4 nitrogen and oxygen atoms in total. The highest BCUT2D eigenvalue weighted by atomic mass is 19.1. The maximum atomic E-state index is 13.0. The molecule has 0 radical (unpaired) electrons. The van der Waals surface area contributed by atoms with Gasteiger partial charge >= 0.3 is 0 Å². The van der Waals surface area contributed by atoms with Crippen LogP contribution in [0, 0.1) is 5.82 Å². The zero-order chi connectivity index (χ0) is 16.8. The minimum Gasteiger partial charge on any atom is -0.492 e. The second-order valence-electron chi connectivity index (χ2n) is 5.81. The van der Waals surface area contributed by atoms with E-state index < -0.39 is 0 Å². The summed E-state index contributed by atoms with van der Waals surface area (Å²) < 4.78 is 18.7. The Morgan fingerprint density at radius 3 is 2.42 bits per heavy atom. The topological polar surface area (TPSA) is 32.8 Å². The van der Waals surface area contributed by atoms with Crippen molar-refractivity contribution in [3.63, 3.8) is 0 Å². The van der Waals surface area contributed by atoms with Gasteiger partial charge in [-0.2, -0.15) is 0 Å². The summed E-state index contributed by atoms with van der Waals surface area (Å²) in [7, 11) is 0. The fourth-order valence-electron chi connectivity index (χ4n) is 2.88. The highest BCUT2D eigenvalue weighted by molar-refractivity contribution is 5.79. The molecular formula is C19H21FN2O2. The molecule has 24 heavy (non-hydrogen) atoms. The van der Waals surface area contributed by atoms with Gasteiger partial charge in [0.05, 0.1) is 5.56 Å². The van der Waals surface area contributed by atoms with Crippen LogP contribution >= 0.6 is 0 Å². The second kappa shape index (κ2) is 7.93. The van der Waals surface area contributed by atoms with Crippen molar-refractivity contribution in [3.05, 3.63) is 59.9 Å². The van der Waals surface area contributed by atoms with Crippen molar-refractivity contribution < 1.29 is 13.9 Å². The van der Waals surface area contributed by atoms with Gasteiger partial charge in [-0.25, -0.2) is 4.39 Å². The van der Waals surface area contributed by atoms with E-state index in [1.807, 2.05) is 30.3 Å². The third-order valence-corrected chi connectivity index (χ3v) is 4.28. The quantitative estimate of drug-likeness (QED) is 0.764. The Bertz CT molecular complexity index is 667. The van der Waals surface area contributed by atoms with Crippen molar-refractivity contribution in [2.45, 2.75) is 0 Å². The number of rotatable bonds is 6. The van der Waals surface area contributed by atoms with E-state index in [-0.39, 0.29) is 5.82 Å². The van der Waals surface area contributed by atoms with Gasteiger partial charge in [0, 0.05) is 38.4 Å². The summed E-state index contributed by atoms with van der Waals surface area (Å²) in [6.07, 6.45) is 0.816. The molecule has 1 aliphatic heterocycles. The predicted octanol–water partition coefficient (Wildman–Crippen LogP) is 2.84. The molecule has 0 aromatic heterocycles. The third kappa shape index (κ3) is 4.11. The standard InChI is InChI=1S/C19H21FN2O2/c20-17-5-7-18(8-6-17)22-11-9-21(10-12-22)13-14-24-19-4-2-1-3-16(19)15-23/h1-8,15H,9-14H2. The highest BCUT2D eigenvalue weighted by Crippen LogP contribution is 2.18. The molecule has 1 fully saturated rings. The van der Waals surface area contributed by atoms with Crippen LogP contribution in [0.25, 0.3) is 0 Å². The van der Waals surface area contributed by atoms with Crippen molar-refractivity contribution >= 4 is 12.0 Å². The van der Waals surface area contributed by atoms with Crippen LogP contribution in [0.2, 0.25) is 0 Å². The Morgan fingerprint density at radius 1 is 1.00 bits per heavy atom. The summed E-state index contributed by atoms with van der Waals surface area (Å²) in [6.45, 7) is 5.09. The van der Waals surface area contributed by atoms with Crippen molar-refractivity contribution in [1.29, 1.82) is 0 Å². The van der Waals surface area contributed by atoms with Gasteiger partial charge in [-0.05, 0) is 36.4 Å². The van der Waals surface area contributed by atoms with Gasteiger partial charge in [-0.3, -0.25) is 9.69 Å². The zero-order valence-corrected chi connectivity index (χ0v) is 13.5. The molecule has 1 heterocycles. The molecule has 0 amide bonds. The number of ether oxygens (including phenoxy) is 1. The van der Waals surface area contributed by atoms with Crippen LogP contribution in [0.15, 0.2) is 48.5 Å². The van der Waals surface area contributed by atoms with Crippen LogP contribution in [0.5, 0.6) is 5.75 Å². The fourth-order valence-corrected chi connectivity index (χ4v) is 2.88. The molecule has 3 rings (SSSR count). The fraction of sp³-hybridized carbons (Fsp3) is 0.316. The first-order chi connectivity index (χ1) is 11.8. The number of nitrogens with zero attached hydrogens (tertiary/aromatic N) is 2. The number of hydrogen-bond donors (Lipinski definition) is 0. The number of para-hydroxylation sites is 1. The van der Waals surface area contributed by atoms with Gasteiger partial charge in [0.15, 0.2) is 6.29 Å². The van der Waals surface area contributed by atoms with Crippen molar-refractivity contribution in [3.8, 4) is 5.75 Å². The Labute approximate surface area is 141 Å². The molecular weight excluding hydrogens is 307 g/mol. The SMILES string of the molecule is O=Cc1ccccc1OCCN1CCN(c2ccc(F)cc2)CC1. The smallest absolute Gasteiger partial charge is 0.153 e. The van der Waals surface area contributed by atoms with Crippen molar-refractivity contribution in [2.24, 2.45) is 0 Å². The Balaban J connectivity index is 1.44.